The van der Waals surface area contributed by atoms with Crippen LogP contribution < -0.4 is 14.8 Å². The molecule has 2 atom stereocenters. The second-order valence-electron chi connectivity index (χ2n) is 5.21. The molecule has 0 radical (unpaired) electrons. The summed E-state index contributed by atoms with van der Waals surface area (Å²) in [4.78, 5) is 0. The number of likely N-dealkylation sites (N-methyl/N-ethyl adjacent to an activating group) is 1. The number of hydrogen-bond donors (Lipinski definition) is 1. The van der Waals surface area contributed by atoms with E-state index in [9.17, 15) is 4.39 Å². The largest absolute Gasteiger partial charge is 0.486 e. The van der Waals surface area contributed by atoms with Gasteiger partial charge in [-0.1, -0.05) is 29.8 Å². The third-order valence-electron chi connectivity index (χ3n) is 3.70. The second-order valence-corrected chi connectivity index (χ2v) is 5.21. The second kappa shape index (κ2) is 5.74. The molecule has 0 aromatic heterocycles. The number of nitrogens with one attached hydrogen (secondary N) is 1. The maximum atomic E-state index is 14.1. The van der Waals surface area contributed by atoms with E-state index in [-0.39, 0.29) is 18.0 Å². The number of halogens is 1. The molecule has 3 nitrogen and oxygen atoms in total. The summed E-state index contributed by atoms with van der Waals surface area (Å²) in [5.41, 5.74) is 1.62. The van der Waals surface area contributed by atoms with Crippen LogP contribution in [-0.4, -0.2) is 19.8 Å². The van der Waals surface area contributed by atoms with Crippen LogP contribution in [0, 0.1) is 12.7 Å². The van der Waals surface area contributed by atoms with Crippen LogP contribution in [0.25, 0.3) is 0 Å². The van der Waals surface area contributed by atoms with E-state index in [1.165, 1.54) is 6.07 Å². The number of benzene rings is 2. The zero-order valence-corrected chi connectivity index (χ0v) is 12.1. The lowest BCUT2D eigenvalue weighted by atomic mass is 9.98. The summed E-state index contributed by atoms with van der Waals surface area (Å²) >= 11 is 0. The van der Waals surface area contributed by atoms with Gasteiger partial charge in [0, 0.05) is 5.56 Å². The van der Waals surface area contributed by atoms with Crippen LogP contribution in [0.5, 0.6) is 11.5 Å². The van der Waals surface area contributed by atoms with Crippen LogP contribution >= 0.6 is 0 Å². The van der Waals surface area contributed by atoms with Crippen LogP contribution in [0.4, 0.5) is 4.39 Å². The molecule has 0 fully saturated rings. The van der Waals surface area contributed by atoms with Gasteiger partial charge in [0.1, 0.15) is 12.4 Å². The van der Waals surface area contributed by atoms with Crippen molar-refractivity contribution in [2.24, 2.45) is 0 Å². The van der Waals surface area contributed by atoms with Gasteiger partial charge in [0.2, 0.25) is 0 Å². The van der Waals surface area contributed by atoms with Gasteiger partial charge >= 0.3 is 0 Å². The van der Waals surface area contributed by atoms with Crippen LogP contribution in [0.15, 0.2) is 42.5 Å². The summed E-state index contributed by atoms with van der Waals surface area (Å²) in [6.45, 7) is 2.33. The van der Waals surface area contributed by atoms with Gasteiger partial charge in [-0.05, 0) is 32.2 Å². The van der Waals surface area contributed by atoms with Crippen molar-refractivity contribution in [3.8, 4) is 11.5 Å². The standard InChI is InChI=1S/C17H18FNO2/c1-11-7-8-13(18)12(9-11)17(19-2)16-10-20-14-5-3-4-6-15(14)21-16/h3-9,16-17,19H,10H2,1-2H3. The highest BCUT2D eigenvalue weighted by Crippen LogP contribution is 2.34. The Balaban J connectivity index is 1.90. The van der Waals surface area contributed by atoms with E-state index >= 15 is 0 Å². The maximum Gasteiger partial charge on any atom is 0.161 e. The highest BCUT2D eigenvalue weighted by molar-refractivity contribution is 5.41. The van der Waals surface area contributed by atoms with Gasteiger partial charge in [0.15, 0.2) is 17.6 Å². The van der Waals surface area contributed by atoms with Crippen LogP contribution in [0.3, 0.4) is 0 Å². The van der Waals surface area contributed by atoms with Gasteiger partial charge in [-0.15, -0.1) is 0 Å². The molecule has 0 amide bonds. The zero-order valence-electron chi connectivity index (χ0n) is 12.1. The van der Waals surface area contributed by atoms with Gasteiger partial charge in [0.05, 0.1) is 6.04 Å². The normalized spacial score (nSPS) is 18.3. The molecular formula is C17H18FNO2. The van der Waals surface area contributed by atoms with E-state index in [1.54, 1.807) is 13.1 Å². The molecule has 2 unspecified atom stereocenters. The number of hydrogen-bond acceptors (Lipinski definition) is 3. The predicted octanol–water partition coefficient (Wildman–Crippen LogP) is 3.23. The molecule has 2 aromatic carbocycles. The molecule has 2 aromatic rings. The lowest BCUT2D eigenvalue weighted by molar-refractivity contribution is 0.0628. The fourth-order valence-electron chi connectivity index (χ4n) is 2.64. The summed E-state index contributed by atoms with van der Waals surface area (Å²) in [6, 6.07) is 12.4. The monoisotopic (exact) mass is 287 g/mol. The van der Waals surface area contributed by atoms with E-state index < -0.39 is 0 Å². The van der Waals surface area contributed by atoms with Gasteiger partial charge in [0.25, 0.3) is 0 Å². The van der Waals surface area contributed by atoms with Crippen molar-refractivity contribution in [2.75, 3.05) is 13.7 Å². The third-order valence-corrected chi connectivity index (χ3v) is 3.70. The van der Waals surface area contributed by atoms with Gasteiger partial charge in [-0.3, -0.25) is 0 Å². The molecule has 1 aliphatic heterocycles. The molecule has 1 heterocycles. The van der Waals surface area contributed by atoms with Gasteiger partial charge in [-0.25, -0.2) is 4.39 Å². The first-order valence-electron chi connectivity index (χ1n) is 7.01. The predicted molar refractivity (Wildman–Crippen MR) is 79.3 cm³/mol. The van der Waals surface area contributed by atoms with E-state index in [0.29, 0.717) is 17.9 Å². The van der Waals surface area contributed by atoms with Crippen molar-refractivity contribution in [1.29, 1.82) is 0 Å². The molecule has 3 rings (SSSR count). The topological polar surface area (TPSA) is 30.5 Å². The maximum absolute atomic E-state index is 14.1. The van der Waals surface area contributed by atoms with Crippen molar-refractivity contribution >= 4 is 0 Å². The average molecular weight is 287 g/mol. The van der Waals surface area contributed by atoms with Crippen molar-refractivity contribution in [3.05, 3.63) is 59.4 Å². The highest BCUT2D eigenvalue weighted by Gasteiger charge is 2.30. The molecule has 1 N–H and O–H groups in total. The number of fused-ring (bicyclic) bond motifs is 1. The molecule has 4 heteroatoms. The Bertz CT molecular complexity index is 644. The first kappa shape index (κ1) is 13.9. The fourth-order valence-corrected chi connectivity index (χ4v) is 2.64. The van der Waals surface area contributed by atoms with Crippen molar-refractivity contribution < 1.29 is 13.9 Å². The minimum absolute atomic E-state index is 0.234. The first-order chi connectivity index (χ1) is 10.2. The molecule has 0 saturated carbocycles. The Morgan fingerprint density at radius 2 is 1.95 bits per heavy atom. The Labute approximate surface area is 123 Å². The van der Waals surface area contributed by atoms with Gasteiger partial charge < -0.3 is 14.8 Å². The Morgan fingerprint density at radius 3 is 2.71 bits per heavy atom. The lowest BCUT2D eigenvalue weighted by Gasteiger charge is -2.32. The Morgan fingerprint density at radius 1 is 1.19 bits per heavy atom. The average Bonchev–Trinajstić information content (AvgIpc) is 2.51. The zero-order chi connectivity index (χ0) is 14.8. The molecule has 110 valence electrons. The van der Waals surface area contributed by atoms with E-state index in [2.05, 4.69) is 5.32 Å². The van der Waals surface area contributed by atoms with Crippen molar-refractivity contribution in [2.45, 2.75) is 19.1 Å². The van der Waals surface area contributed by atoms with Crippen molar-refractivity contribution in [3.63, 3.8) is 0 Å². The van der Waals surface area contributed by atoms with E-state index in [1.807, 2.05) is 37.3 Å². The molecule has 21 heavy (non-hydrogen) atoms. The van der Waals surface area contributed by atoms with E-state index in [4.69, 9.17) is 9.47 Å². The molecule has 1 aliphatic rings. The number of ether oxygens (including phenoxy) is 2. The molecule has 0 spiro atoms. The fraction of sp³-hybridized carbons (Fsp3) is 0.294. The van der Waals surface area contributed by atoms with Crippen LogP contribution in [0.2, 0.25) is 0 Å². The van der Waals surface area contributed by atoms with Crippen LogP contribution in [0.1, 0.15) is 17.2 Å². The molecule has 0 bridgehead atoms. The summed E-state index contributed by atoms with van der Waals surface area (Å²) in [7, 11) is 1.80. The first-order valence-corrected chi connectivity index (χ1v) is 7.01. The summed E-state index contributed by atoms with van der Waals surface area (Å²) in [6.07, 6.45) is -0.277. The molecule has 0 saturated heterocycles. The van der Waals surface area contributed by atoms with E-state index in [0.717, 1.165) is 11.3 Å². The Hall–Kier alpha value is -2.07. The smallest absolute Gasteiger partial charge is 0.161 e. The molecule has 0 aliphatic carbocycles. The molecular weight excluding hydrogens is 269 g/mol. The summed E-state index contributed by atoms with van der Waals surface area (Å²) in [5, 5.41) is 3.14. The number of rotatable bonds is 3. The SMILES string of the molecule is CNC(c1cc(C)ccc1F)C1COc2ccccc2O1. The summed E-state index contributed by atoms with van der Waals surface area (Å²) in [5.74, 6) is 1.19. The van der Waals surface area contributed by atoms with Gasteiger partial charge in [-0.2, -0.15) is 0 Å². The number of para-hydroxylation sites is 2. The quantitative estimate of drug-likeness (QED) is 0.940. The highest BCUT2D eigenvalue weighted by atomic mass is 19.1. The van der Waals surface area contributed by atoms with Crippen molar-refractivity contribution in [1.82, 2.24) is 5.32 Å². The minimum atomic E-state index is -0.277. The minimum Gasteiger partial charge on any atom is -0.486 e. The Kier molecular flexibility index (Phi) is 3.80. The summed E-state index contributed by atoms with van der Waals surface area (Å²) < 4.78 is 25.8. The number of aryl methyl sites for hydroxylation is 1. The van der Waals surface area contributed by atoms with Crippen LogP contribution in [-0.2, 0) is 0 Å². The lowest BCUT2D eigenvalue weighted by Crippen LogP contribution is -2.40. The third kappa shape index (κ3) is 2.72.